The number of amides is 2. The number of halogens is 3. The number of carbonyl (C=O) groups is 2. The summed E-state index contributed by atoms with van der Waals surface area (Å²) < 4.78 is 38.3. The predicted molar refractivity (Wildman–Crippen MR) is 159 cm³/mol. The Morgan fingerprint density at radius 1 is 1.07 bits per heavy atom. The van der Waals surface area contributed by atoms with E-state index in [4.69, 9.17) is 4.99 Å². The molecule has 2 amide bonds. The maximum Gasteiger partial charge on any atom is 0.471 e. The van der Waals surface area contributed by atoms with Gasteiger partial charge >= 0.3 is 12.1 Å². The Bertz CT molecular complexity index is 1670. The summed E-state index contributed by atoms with van der Waals surface area (Å²) in [6, 6.07) is 21.1. The molecular weight excluding hydrogens is 585 g/mol. The molecule has 214 valence electrons. The van der Waals surface area contributed by atoms with E-state index in [9.17, 15) is 28.0 Å². The second-order valence-electron chi connectivity index (χ2n) is 9.18. The van der Waals surface area contributed by atoms with E-state index < -0.39 is 12.1 Å². The molecule has 2 aliphatic heterocycles. The number of benzene rings is 3. The molecule has 2 aliphatic rings. The van der Waals surface area contributed by atoms with E-state index in [0.29, 0.717) is 49.2 Å². The number of hydrogen-bond donors (Lipinski definition) is 2. The molecule has 13 heteroatoms. The van der Waals surface area contributed by atoms with Crippen molar-refractivity contribution in [2.24, 2.45) is 4.99 Å². The Morgan fingerprint density at radius 2 is 1.83 bits per heavy atom. The highest BCUT2D eigenvalue weighted by Gasteiger charge is 2.41. The number of alkyl halides is 3. The second-order valence-corrected chi connectivity index (χ2v) is 11.2. The van der Waals surface area contributed by atoms with Gasteiger partial charge in [-0.15, -0.1) is 0 Å². The Balaban J connectivity index is 1.53. The van der Waals surface area contributed by atoms with Crippen LogP contribution in [0.4, 0.5) is 35.9 Å². The van der Waals surface area contributed by atoms with Crippen molar-refractivity contribution in [2.75, 3.05) is 29.1 Å². The first-order valence-electron chi connectivity index (χ1n) is 12.7. The highest BCUT2D eigenvalue weighted by molar-refractivity contribution is 8.19. The van der Waals surface area contributed by atoms with E-state index in [1.165, 1.54) is 35.7 Å². The van der Waals surface area contributed by atoms with E-state index in [0.717, 1.165) is 5.56 Å². The summed E-state index contributed by atoms with van der Waals surface area (Å²) in [5, 5.41) is 15.6. The van der Waals surface area contributed by atoms with Crippen molar-refractivity contribution >= 4 is 63.3 Å². The van der Waals surface area contributed by atoms with Gasteiger partial charge in [0.15, 0.2) is 5.17 Å². The monoisotopic (exact) mass is 608 g/mol. The van der Waals surface area contributed by atoms with E-state index in [1.807, 2.05) is 42.6 Å². The van der Waals surface area contributed by atoms with Gasteiger partial charge < -0.3 is 15.5 Å². The molecule has 0 radical (unpaired) electrons. The molecule has 0 bridgehead atoms. The third kappa shape index (κ3) is 5.95. The maximum atomic E-state index is 13.9. The van der Waals surface area contributed by atoms with Crippen molar-refractivity contribution in [3.63, 3.8) is 0 Å². The fourth-order valence-electron chi connectivity index (χ4n) is 4.29. The summed E-state index contributed by atoms with van der Waals surface area (Å²) in [6.07, 6.45) is -5.01. The van der Waals surface area contributed by atoms with Crippen LogP contribution in [-0.2, 0) is 16.1 Å². The largest absolute Gasteiger partial charge is 0.471 e. The Hall–Kier alpha value is -4.41. The lowest BCUT2D eigenvalue weighted by molar-refractivity contribution is -0.167. The minimum atomic E-state index is -5.01. The van der Waals surface area contributed by atoms with Gasteiger partial charge in [-0.1, -0.05) is 42.1 Å². The number of rotatable bonds is 6. The molecule has 2 N–H and O–H groups in total. The lowest BCUT2D eigenvalue weighted by atomic mass is 10.2. The van der Waals surface area contributed by atoms with Gasteiger partial charge in [0, 0.05) is 24.2 Å². The summed E-state index contributed by atoms with van der Waals surface area (Å²) in [6.45, 7) is 2.83. The first-order chi connectivity index (χ1) is 20.1. The van der Waals surface area contributed by atoms with Gasteiger partial charge in [-0.25, -0.2) is 4.99 Å². The minimum Gasteiger partial charge on any atom is -0.384 e. The molecule has 0 aliphatic carbocycles. The lowest BCUT2D eigenvalue weighted by Gasteiger charge is -2.17. The van der Waals surface area contributed by atoms with Crippen LogP contribution in [0.3, 0.4) is 0 Å². The van der Waals surface area contributed by atoms with Crippen molar-refractivity contribution in [3.8, 4) is 6.07 Å². The number of thioether (sulfide) groups is 2. The topological polar surface area (TPSA) is 101 Å². The van der Waals surface area contributed by atoms with Crippen molar-refractivity contribution in [3.05, 3.63) is 87.8 Å². The van der Waals surface area contributed by atoms with Crippen LogP contribution >= 0.6 is 23.5 Å². The average molecular weight is 609 g/mol. The standard InChI is InChI=1S/C29H23F3N6O2S2/c1-3-34-20-11-9-18(15-33)13-21(20)36-28-38(16-17-7-5-4-6-8-17)25(39)24(42-28)26-37(2)22-12-10-19(14-23(22)41-26)35-27(40)29(30,31)32/h4-14,34H,3,16H2,1-2H3,(H,35,40). The summed E-state index contributed by atoms with van der Waals surface area (Å²) >= 11 is 2.41. The lowest BCUT2D eigenvalue weighted by Crippen LogP contribution is -2.29. The normalized spacial score (nSPS) is 17.4. The van der Waals surface area contributed by atoms with Crippen molar-refractivity contribution < 1.29 is 22.8 Å². The van der Waals surface area contributed by atoms with E-state index in [2.05, 4.69) is 11.4 Å². The number of amidine groups is 1. The zero-order chi connectivity index (χ0) is 30.0. The number of nitrogens with one attached hydrogen (secondary N) is 2. The molecule has 0 spiro atoms. The van der Waals surface area contributed by atoms with Gasteiger partial charge in [0.2, 0.25) is 0 Å². The second kappa shape index (κ2) is 11.8. The molecule has 1 fully saturated rings. The third-order valence-corrected chi connectivity index (χ3v) is 8.71. The Morgan fingerprint density at radius 3 is 2.52 bits per heavy atom. The van der Waals surface area contributed by atoms with Crippen LogP contribution in [0.5, 0.6) is 0 Å². The van der Waals surface area contributed by atoms with Crippen molar-refractivity contribution in [2.45, 2.75) is 24.5 Å². The SMILES string of the molecule is CCNc1ccc(C#N)cc1N=C1SC(=C2Sc3cc(NC(=O)C(F)(F)F)ccc3N2C)C(=O)N1Cc1ccccc1. The maximum absolute atomic E-state index is 13.9. The van der Waals surface area contributed by atoms with E-state index >= 15 is 0 Å². The molecule has 0 saturated carbocycles. The molecular formula is C29H23F3N6O2S2. The van der Waals surface area contributed by atoms with Crippen LogP contribution in [0.2, 0.25) is 0 Å². The summed E-state index contributed by atoms with van der Waals surface area (Å²) in [5.41, 5.74) is 3.21. The molecule has 5 rings (SSSR count). The smallest absolute Gasteiger partial charge is 0.384 e. The highest BCUT2D eigenvalue weighted by Crippen LogP contribution is 2.51. The van der Waals surface area contributed by atoms with Gasteiger partial charge in [-0.05, 0) is 60.6 Å². The molecule has 2 heterocycles. The Kier molecular flexibility index (Phi) is 8.20. The highest BCUT2D eigenvalue weighted by atomic mass is 32.2. The number of aliphatic imine (C=N–C) groups is 1. The van der Waals surface area contributed by atoms with Crippen LogP contribution in [0.1, 0.15) is 18.1 Å². The number of carbonyl (C=O) groups excluding carboxylic acids is 2. The van der Waals surface area contributed by atoms with Crippen LogP contribution in [-0.4, -0.2) is 41.7 Å². The number of hydrogen-bond acceptors (Lipinski definition) is 8. The van der Waals surface area contributed by atoms with Crippen LogP contribution in [0.15, 0.2) is 86.6 Å². The average Bonchev–Trinajstić information content (AvgIpc) is 3.45. The molecule has 8 nitrogen and oxygen atoms in total. The van der Waals surface area contributed by atoms with Gasteiger partial charge in [0.1, 0.15) is 4.91 Å². The van der Waals surface area contributed by atoms with Crippen LogP contribution in [0, 0.1) is 11.3 Å². The van der Waals surface area contributed by atoms with Crippen LogP contribution in [0.25, 0.3) is 0 Å². The summed E-state index contributed by atoms with van der Waals surface area (Å²) in [5.74, 6) is -2.34. The minimum absolute atomic E-state index is 0.00471. The summed E-state index contributed by atoms with van der Waals surface area (Å²) in [7, 11) is 1.76. The molecule has 0 atom stereocenters. The zero-order valence-corrected chi connectivity index (χ0v) is 24.0. The van der Waals surface area contributed by atoms with Gasteiger partial charge in [-0.2, -0.15) is 18.4 Å². The zero-order valence-electron chi connectivity index (χ0n) is 22.3. The van der Waals surface area contributed by atoms with Gasteiger partial charge in [-0.3, -0.25) is 14.5 Å². The first-order valence-corrected chi connectivity index (χ1v) is 14.3. The fraction of sp³-hybridized carbons (Fsp3) is 0.172. The van der Waals surface area contributed by atoms with Crippen LogP contribution < -0.4 is 15.5 Å². The number of anilines is 3. The molecule has 3 aromatic rings. The van der Waals surface area contributed by atoms with Gasteiger partial charge in [0.25, 0.3) is 5.91 Å². The third-order valence-electron chi connectivity index (χ3n) is 6.30. The fourth-order valence-corrected chi connectivity index (χ4v) is 6.67. The predicted octanol–water partition coefficient (Wildman–Crippen LogP) is 6.67. The van der Waals surface area contributed by atoms with Crippen molar-refractivity contribution in [1.29, 1.82) is 5.26 Å². The van der Waals surface area contributed by atoms with Gasteiger partial charge in [0.05, 0.1) is 40.3 Å². The van der Waals surface area contributed by atoms with Crippen molar-refractivity contribution in [1.82, 2.24) is 4.90 Å². The quantitative estimate of drug-likeness (QED) is 0.302. The van der Waals surface area contributed by atoms with E-state index in [-0.39, 0.29) is 18.1 Å². The first kappa shape index (κ1) is 29.1. The number of nitrogens with zero attached hydrogens (tertiary/aromatic N) is 4. The molecule has 3 aromatic carbocycles. The summed E-state index contributed by atoms with van der Waals surface area (Å²) in [4.78, 5) is 34.6. The number of nitriles is 1. The molecule has 0 aromatic heterocycles. The molecule has 0 unspecified atom stereocenters. The molecule has 1 saturated heterocycles. The Labute approximate surface area is 248 Å². The molecule has 42 heavy (non-hydrogen) atoms. The van der Waals surface area contributed by atoms with E-state index in [1.54, 1.807) is 41.1 Å². The number of fused-ring (bicyclic) bond motifs is 1.